The Labute approximate surface area is 96.2 Å². The van der Waals surface area contributed by atoms with Crippen molar-refractivity contribution in [3.63, 3.8) is 0 Å². The average molecular weight is 241 g/mol. The van der Waals surface area contributed by atoms with Crippen molar-refractivity contribution in [1.82, 2.24) is 4.90 Å². The number of hydrogen-bond acceptors (Lipinski definition) is 6. The van der Waals surface area contributed by atoms with Crippen LogP contribution < -0.4 is 0 Å². The van der Waals surface area contributed by atoms with Gasteiger partial charge in [0, 0.05) is 9.85 Å². The van der Waals surface area contributed by atoms with Gasteiger partial charge in [-0.2, -0.15) is 0 Å². The molecule has 1 saturated heterocycles. The largest absolute Gasteiger partial charge is 0.302 e. The molecule has 2 aliphatic rings. The number of piperidine rings is 1. The molecule has 0 N–H and O–H groups in total. The number of ketones is 1. The van der Waals surface area contributed by atoms with Gasteiger partial charge in [-0.15, -0.1) is 0 Å². The molecule has 0 aromatic rings. The molecule has 2 bridgehead atoms. The predicted octanol–water partition coefficient (Wildman–Crippen LogP) is -0.508. The Morgan fingerprint density at radius 3 is 2.47 bits per heavy atom. The van der Waals surface area contributed by atoms with E-state index in [1.54, 1.807) is 7.05 Å². The molecule has 0 radical (unpaired) electrons. The molecular weight excluding hydrogens is 230 g/mol. The van der Waals surface area contributed by atoms with Crippen molar-refractivity contribution in [2.75, 3.05) is 20.1 Å². The molecular formula is C9H11N3O5. The maximum absolute atomic E-state index is 11.7. The highest BCUT2D eigenvalue weighted by Gasteiger charge is 2.66. The molecule has 0 amide bonds. The van der Waals surface area contributed by atoms with E-state index in [9.17, 15) is 25.0 Å². The third-order valence-electron chi connectivity index (χ3n) is 3.39. The van der Waals surface area contributed by atoms with Crippen molar-refractivity contribution >= 4 is 5.78 Å². The van der Waals surface area contributed by atoms with E-state index in [4.69, 9.17) is 0 Å². The van der Waals surface area contributed by atoms with E-state index >= 15 is 0 Å². The number of likely N-dealkylation sites (N-methyl/N-ethyl adjacent to an activating group) is 1. The first kappa shape index (κ1) is 11.6. The summed E-state index contributed by atoms with van der Waals surface area (Å²) in [7, 11) is 1.54. The molecule has 0 aromatic heterocycles. The monoisotopic (exact) mass is 241 g/mol. The van der Waals surface area contributed by atoms with Gasteiger partial charge < -0.3 is 0 Å². The average Bonchev–Trinajstić information content (AvgIpc) is 2.23. The van der Waals surface area contributed by atoms with Crippen LogP contribution in [0.2, 0.25) is 0 Å². The maximum Gasteiger partial charge on any atom is 0.302 e. The number of nitrogens with zero attached hydrogens (tertiary/aromatic N) is 3. The number of fused-ring (bicyclic) bond motifs is 2. The van der Waals surface area contributed by atoms with Gasteiger partial charge in [0.25, 0.3) is 5.54 Å². The Kier molecular flexibility index (Phi) is 2.28. The lowest BCUT2D eigenvalue weighted by Gasteiger charge is -2.41. The molecule has 0 saturated carbocycles. The van der Waals surface area contributed by atoms with Crippen molar-refractivity contribution in [2.45, 2.75) is 17.5 Å². The van der Waals surface area contributed by atoms with Crippen LogP contribution in [0.1, 0.15) is 6.42 Å². The SMILES string of the molecule is CN1CC2([N+](=O)[O-])C=CC(=O)C([N+](=O)[O-])(C1)C2. The third kappa shape index (κ3) is 1.44. The van der Waals surface area contributed by atoms with Crippen LogP contribution in [0.15, 0.2) is 12.2 Å². The molecule has 1 heterocycles. The maximum atomic E-state index is 11.7. The van der Waals surface area contributed by atoms with Crippen molar-refractivity contribution < 1.29 is 14.6 Å². The van der Waals surface area contributed by atoms with Crippen molar-refractivity contribution in [3.8, 4) is 0 Å². The fraction of sp³-hybridized carbons (Fsp3) is 0.667. The van der Waals surface area contributed by atoms with Gasteiger partial charge in [-0.3, -0.25) is 29.9 Å². The highest BCUT2D eigenvalue weighted by Crippen LogP contribution is 2.38. The van der Waals surface area contributed by atoms with Crippen LogP contribution in [0.3, 0.4) is 0 Å². The number of nitro groups is 2. The number of rotatable bonds is 2. The molecule has 1 aliphatic heterocycles. The summed E-state index contributed by atoms with van der Waals surface area (Å²) in [5, 5.41) is 22.2. The standard InChI is InChI=1S/C9H11N3O5/c1-10-5-8(11(14)15)3-2-7(13)9(4-8,6-10)12(16)17/h2-3H,4-6H2,1H3. The quantitative estimate of drug-likeness (QED) is 0.476. The van der Waals surface area contributed by atoms with E-state index in [0.717, 1.165) is 6.08 Å². The Hall–Kier alpha value is -1.83. The van der Waals surface area contributed by atoms with Gasteiger partial charge in [-0.25, -0.2) is 0 Å². The lowest BCUT2D eigenvalue weighted by atomic mass is 9.71. The van der Waals surface area contributed by atoms with Gasteiger partial charge in [0.2, 0.25) is 5.78 Å². The molecule has 17 heavy (non-hydrogen) atoms. The minimum Gasteiger partial charge on any atom is -0.292 e. The molecule has 2 rings (SSSR count). The first-order chi connectivity index (χ1) is 7.82. The van der Waals surface area contributed by atoms with Crippen LogP contribution in [0.25, 0.3) is 0 Å². The lowest BCUT2D eigenvalue weighted by molar-refractivity contribution is -0.607. The molecule has 0 aromatic carbocycles. The highest BCUT2D eigenvalue weighted by molar-refractivity contribution is 5.98. The Bertz CT molecular complexity index is 448. The summed E-state index contributed by atoms with van der Waals surface area (Å²) in [4.78, 5) is 34.2. The van der Waals surface area contributed by atoms with E-state index in [0.29, 0.717) is 0 Å². The first-order valence-electron chi connectivity index (χ1n) is 5.04. The molecule has 0 spiro atoms. The van der Waals surface area contributed by atoms with Gasteiger partial charge in [0.1, 0.15) is 6.42 Å². The molecule has 2 atom stereocenters. The number of carbonyl (C=O) groups excluding carboxylic acids is 1. The van der Waals surface area contributed by atoms with E-state index < -0.39 is 26.7 Å². The fourth-order valence-electron chi connectivity index (χ4n) is 2.65. The van der Waals surface area contributed by atoms with E-state index in [2.05, 4.69) is 0 Å². The third-order valence-corrected chi connectivity index (χ3v) is 3.39. The smallest absolute Gasteiger partial charge is 0.292 e. The van der Waals surface area contributed by atoms with Crippen LogP contribution in [0.4, 0.5) is 0 Å². The van der Waals surface area contributed by atoms with Crippen LogP contribution in [-0.4, -0.2) is 51.7 Å². The second kappa shape index (κ2) is 3.33. The summed E-state index contributed by atoms with van der Waals surface area (Å²) >= 11 is 0. The van der Waals surface area contributed by atoms with Crippen molar-refractivity contribution in [3.05, 3.63) is 32.4 Å². The highest BCUT2D eigenvalue weighted by atomic mass is 16.6. The first-order valence-corrected chi connectivity index (χ1v) is 5.04. The topological polar surface area (TPSA) is 107 Å². The van der Waals surface area contributed by atoms with Gasteiger partial charge >= 0.3 is 5.54 Å². The molecule has 92 valence electrons. The summed E-state index contributed by atoms with van der Waals surface area (Å²) in [6, 6.07) is 0. The summed E-state index contributed by atoms with van der Waals surface area (Å²) in [5.41, 5.74) is -3.39. The number of hydrogen-bond donors (Lipinski definition) is 0. The van der Waals surface area contributed by atoms with Gasteiger partial charge in [0.05, 0.1) is 13.1 Å². The van der Waals surface area contributed by atoms with Crippen LogP contribution in [0.5, 0.6) is 0 Å². The fourth-order valence-corrected chi connectivity index (χ4v) is 2.65. The second-order valence-corrected chi connectivity index (χ2v) is 4.70. The number of likely N-dealkylation sites (tertiary alicyclic amines) is 1. The minimum absolute atomic E-state index is 0.0827. The van der Waals surface area contributed by atoms with Crippen molar-refractivity contribution in [2.24, 2.45) is 0 Å². The molecule has 8 nitrogen and oxygen atoms in total. The molecule has 1 aliphatic carbocycles. The summed E-state index contributed by atoms with van der Waals surface area (Å²) in [6.45, 7) is -0.00185. The van der Waals surface area contributed by atoms with E-state index in [1.807, 2.05) is 0 Å². The van der Waals surface area contributed by atoms with E-state index in [1.165, 1.54) is 11.0 Å². The second-order valence-electron chi connectivity index (χ2n) is 4.70. The van der Waals surface area contributed by atoms with Crippen LogP contribution >= 0.6 is 0 Å². The van der Waals surface area contributed by atoms with Crippen LogP contribution in [-0.2, 0) is 4.79 Å². The number of carbonyl (C=O) groups is 1. The zero-order valence-corrected chi connectivity index (χ0v) is 9.16. The Balaban J connectivity index is 2.56. The normalized spacial score (nSPS) is 36.9. The summed E-state index contributed by atoms with van der Waals surface area (Å²) in [5.74, 6) is -0.661. The van der Waals surface area contributed by atoms with Gasteiger partial charge in [0.15, 0.2) is 0 Å². The van der Waals surface area contributed by atoms with E-state index in [-0.39, 0.29) is 19.5 Å². The summed E-state index contributed by atoms with van der Waals surface area (Å²) in [6.07, 6.45) is 1.81. The summed E-state index contributed by atoms with van der Waals surface area (Å²) < 4.78 is 0. The zero-order chi connectivity index (χ0) is 12.8. The van der Waals surface area contributed by atoms with Gasteiger partial charge in [-0.1, -0.05) is 0 Å². The Morgan fingerprint density at radius 2 is 1.94 bits per heavy atom. The van der Waals surface area contributed by atoms with Crippen LogP contribution in [0, 0.1) is 20.2 Å². The van der Waals surface area contributed by atoms with Gasteiger partial charge in [-0.05, 0) is 19.2 Å². The predicted molar refractivity (Wildman–Crippen MR) is 55.7 cm³/mol. The van der Waals surface area contributed by atoms with Crippen molar-refractivity contribution in [1.29, 1.82) is 0 Å². The Morgan fingerprint density at radius 1 is 1.29 bits per heavy atom. The zero-order valence-electron chi connectivity index (χ0n) is 9.16. The molecule has 1 fully saturated rings. The lowest BCUT2D eigenvalue weighted by Crippen LogP contribution is -2.68. The molecule has 2 unspecified atom stereocenters. The minimum atomic E-state index is -1.87. The molecule has 8 heteroatoms.